The van der Waals surface area contributed by atoms with Gasteiger partial charge in [0, 0.05) is 5.57 Å². The van der Waals surface area contributed by atoms with Gasteiger partial charge < -0.3 is 0 Å². The molecular weight excluding hydrogens is 263 g/mol. The highest BCUT2D eigenvalue weighted by molar-refractivity contribution is 9.09. The molecule has 0 N–H and O–H groups in total. The minimum absolute atomic E-state index is 0.221. The lowest BCUT2D eigenvalue weighted by Gasteiger charge is -2.27. The van der Waals surface area contributed by atoms with Crippen LogP contribution in [-0.2, 0) is 4.79 Å². The molecule has 1 nitrogen and oxygen atoms in total. The molecule has 0 saturated heterocycles. The van der Waals surface area contributed by atoms with Crippen LogP contribution in [0.25, 0.3) is 0 Å². The molecule has 0 heterocycles. The summed E-state index contributed by atoms with van der Waals surface area (Å²) in [5.74, 6) is 0. The lowest BCUT2D eigenvalue weighted by atomic mass is 9.96. The Kier molecular flexibility index (Phi) is 3.02. The maximum absolute atomic E-state index is 10.9. The highest BCUT2D eigenvalue weighted by Gasteiger charge is 2.34. The Morgan fingerprint density at radius 3 is 2.75 bits per heavy atom. The number of hydrogen-bond acceptors (Lipinski definition) is 1. The van der Waals surface area contributed by atoms with Gasteiger partial charge in [-0.3, -0.25) is 4.79 Å². The van der Waals surface area contributed by atoms with E-state index in [-0.39, 0.29) is 4.83 Å². The number of rotatable bonds is 1. The molecule has 0 aromatic heterocycles. The molecule has 0 fully saturated rings. The molecule has 0 radical (unpaired) electrons. The molecule has 0 aliphatic heterocycles. The second-order valence-electron chi connectivity index (χ2n) is 2.77. The predicted octanol–water partition coefficient (Wildman–Crippen LogP) is 3.01. The fourth-order valence-corrected chi connectivity index (χ4v) is 1.99. The first-order chi connectivity index (χ1) is 5.45. The van der Waals surface area contributed by atoms with E-state index in [4.69, 9.17) is 23.2 Å². The van der Waals surface area contributed by atoms with E-state index in [0.717, 1.165) is 0 Å². The summed E-state index contributed by atoms with van der Waals surface area (Å²) in [4.78, 5) is 10.1. The summed E-state index contributed by atoms with van der Waals surface area (Å²) in [6.45, 7) is 1.82. The Morgan fingerprint density at radius 2 is 2.33 bits per heavy atom. The lowest BCUT2D eigenvalue weighted by Crippen LogP contribution is -2.31. The second kappa shape index (κ2) is 3.52. The smallest absolute Gasteiger partial charge is 0.249 e. The van der Waals surface area contributed by atoms with Crippen molar-refractivity contribution in [3.05, 3.63) is 23.8 Å². The van der Waals surface area contributed by atoms with Crippen LogP contribution in [0.15, 0.2) is 23.8 Å². The van der Waals surface area contributed by atoms with Crippen LogP contribution in [-0.4, -0.2) is 14.9 Å². The van der Waals surface area contributed by atoms with Crippen molar-refractivity contribution in [1.82, 2.24) is 0 Å². The summed E-state index contributed by atoms with van der Waals surface area (Å²) >= 11 is 14.7. The molecule has 0 aromatic rings. The topological polar surface area (TPSA) is 17.1 Å². The quantitative estimate of drug-likeness (QED) is 0.528. The zero-order valence-corrected chi connectivity index (χ0v) is 9.45. The largest absolute Gasteiger partial charge is 0.276 e. The van der Waals surface area contributed by atoms with Crippen molar-refractivity contribution >= 4 is 44.4 Å². The highest BCUT2D eigenvalue weighted by Crippen LogP contribution is 2.35. The van der Waals surface area contributed by atoms with Crippen molar-refractivity contribution in [2.45, 2.75) is 16.6 Å². The van der Waals surface area contributed by atoms with E-state index in [1.54, 1.807) is 12.2 Å². The first-order valence-electron chi connectivity index (χ1n) is 3.37. The monoisotopic (exact) mass is 268 g/mol. The second-order valence-corrected chi connectivity index (χ2v) is 4.84. The number of halogens is 3. The van der Waals surface area contributed by atoms with Crippen molar-refractivity contribution < 1.29 is 4.79 Å². The van der Waals surface area contributed by atoms with Crippen LogP contribution < -0.4 is 0 Å². The molecule has 0 amide bonds. The highest BCUT2D eigenvalue weighted by atomic mass is 79.9. The molecule has 4 heteroatoms. The van der Waals surface area contributed by atoms with Gasteiger partial charge in [-0.05, 0) is 18.5 Å². The van der Waals surface area contributed by atoms with Gasteiger partial charge in [-0.25, -0.2) is 0 Å². The van der Waals surface area contributed by atoms with Crippen molar-refractivity contribution in [1.29, 1.82) is 0 Å². The number of carbonyl (C=O) groups excluding carboxylic acids is 1. The molecule has 66 valence electrons. The van der Waals surface area contributed by atoms with Gasteiger partial charge >= 0.3 is 0 Å². The van der Waals surface area contributed by atoms with E-state index < -0.39 is 10.1 Å². The minimum Gasteiger partial charge on any atom is -0.276 e. The van der Waals surface area contributed by atoms with Crippen LogP contribution in [0.4, 0.5) is 0 Å². The minimum atomic E-state index is -0.575. The van der Waals surface area contributed by atoms with Gasteiger partial charge in [0.05, 0.1) is 9.70 Å². The molecule has 1 rings (SSSR count). The normalized spacial score (nSPS) is 34.7. The van der Waals surface area contributed by atoms with Gasteiger partial charge in [0.15, 0.2) is 0 Å². The molecule has 0 aromatic carbocycles. The fraction of sp³-hybridized carbons (Fsp3) is 0.375. The molecule has 0 saturated carbocycles. The van der Waals surface area contributed by atoms with Crippen molar-refractivity contribution in [2.24, 2.45) is 0 Å². The SMILES string of the molecule is CC1(Cl)C=CC=C(C(=O)Cl)C1Br. The zero-order chi connectivity index (χ0) is 9.35. The van der Waals surface area contributed by atoms with E-state index in [1.807, 2.05) is 13.0 Å². The van der Waals surface area contributed by atoms with Crippen LogP contribution in [0.3, 0.4) is 0 Å². The van der Waals surface area contributed by atoms with Crippen LogP contribution in [0, 0.1) is 0 Å². The molecule has 2 unspecified atom stereocenters. The molecular formula is C8H7BrCl2O. The molecule has 0 bridgehead atoms. The van der Waals surface area contributed by atoms with E-state index in [1.165, 1.54) is 0 Å². The van der Waals surface area contributed by atoms with Crippen molar-refractivity contribution in [3.63, 3.8) is 0 Å². The van der Waals surface area contributed by atoms with Crippen LogP contribution in [0.5, 0.6) is 0 Å². The van der Waals surface area contributed by atoms with E-state index in [2.05, 4.69) is 15.9 Å². The van der Waals surface area contributed by atoms with Crippen molar-refractivity contribution in [2.75, 3.05) is 0 Å². The van der Waals surface area contributed by atoms with Gasteiger partial charge in [0.25, 0.3) is 0 Å². The van der Waals surface area contributed by atoms with E-state index in [0.29, 0.717) is 5.57 Å². The standard InChI is InChI=1S/C8H7BrCl2O/c1-8(11)4-2-3-5(6(8)9)7(10)12/h2-4,6H,1H3. The summed E-state index contributed by atoms with van der Waals surface area (Å²) < 4.78 is 0. The van der Waals surface area contributed by atoms with Gasteiger partial charge in [-0.15, -0.1) is 11.6 Å². The summed E-state index contributed by atoms with van der Waals surface area (Å²) in [6, 6.07) is 0. The van der Waals surface area contributed by atoms with Crippen molar-refractivity contribution in [3.8, 4) is 0 Å². The van der Waals surface area contributed by atoms with E-state index in [9.17, 15) is 4.79 Å². The molecule has 0 spiro atoms. The number of allylic oxidation sites excluding steroid dienone is 4. The third-order valence-electron chi connectivity index (χ3n) is 1.69. The lowest BCUT2D eigenvalue weighted by molar-refractivity contribution is -0.108. The Hall–Kier alpha value is 0.210. The molecule has 1 aliphatic carbocycles. The molecule has 1 aliphatic rings. The van der Waals surface area contributed by atoms with Gasteiger partial charge in [-0.2, -0.15) is 0 Å². The van der Waals surface area contributed by atoms with Gasteiger partial charge in [0.2, 0.25) is 5.24 Å². The Labute approximate surface area is 89.5 Å². The summed E-state index contributed by atoms with van der Waals surface area (Å²) in [5.41, 5.74) is 0.497. The van der Waals surface area contributed by atoms with Crippen LogP contribution >= 0.6 is 39.1 Å². The number of hydrogen-bond donors (Lipinski definition) is 0. The van der Waals surface area contributed by atoms with Crippen LogP contribution in [0.2, 0.25) is 0 Å². The Morgan fingerprint density at radius 1 is 1.75 bits per heavy atom. The third-order valence-corrected chi connectivity index (χ3v) is 3.96. The van der Waals surface area contributed by atoms with E-state index >= 15 is 0 Å². The molecule has 2 atom stereocenters. The third kappa shape index (κ3) is 1.93. The first kappa shape index (κ1) is 10.3. The average Bonchev–Trinajstić information content (AvgIpc) is 1.94. The Balaban J connectivity index is 2.99. The predicted molar refractivity (Wildman–Crippen MR) is 55.1 cm³/mol. The van der Waals surface area contributed by atoms with Crippen LogP contribution in [0.1, 0.15) is 6.92 Å². The number of carbonyl (C=O) groups is 1. The van der Waals surface area contributed by atoms with Gasteiger partial charge in [0.1, 0.15) is 0 Å². The maximum atomic E-state index is 10.9. The summed E-state index contributed by atoms with van der Waals surface area (Å²) in [5, 5.41) is -0.465. The zero-order valence-electron chi connectivity index (χ0n) is 6.35. The fourth-order valence-electron chi connectivity index (χ4n) is 0.978. The summed E-state index contributed by atoms with van der Waals surface area (Å²) in [7, 11) is 0. The first-order valence-corrected chi connectivity index (χ1v) is 5.04. The average molecular weight is 270 g/mol. The maximum Gasteiger partial charge on any atom is 0.249 e. The van der Waals surface area contributed by atoms with Gasteiger partial charge in [-0.1, -0.05) is 34.2 Å². The summed E-state index contributed by atoms with van der Waals surface area (Å²) in [6.07, 6.45) is 5.22. The molecule has 12 heavy (non-hydrogen) atoms. The Bertz CT molecular complexity index is 268. The number of alkyl halides is 2.